The third-order valence-corrected chi connectivity index (χ3v) is 11.9. The first kappa shape index (κ1) is 34.5. The summed E-state index contributed by atoms with van der Waals surface area (Å²) in [5.41, 5.74) is 18.8. The summed E-state index contributed by atoms with van der Waals surface area (Å²) in [6.07, 6.45) is 0. The second-order valence-corrected chi connectivity index (χ2v) is 15.6. The molecule has 1 heterocycles. The smallest absolute Gasteiger partial charge is 0.123 e. The van der Waals surface area contributed by atoms with Crippen LogP contribution in [0.3, 0.4) is 0 Å². The van der Waals surface area contributed by atoms with E-state index < -0.39 is 0 Å². The van der Waals surface area contributed by atoms with Gasteiger partial charge in [0, 0.05) is 46.0 Å². The lowest BCUT2D eigenvalue weighted by Crippen LogP contribution is -2.16. The van der Waals surface area contributed by atoms with Crippen LogP contribution in [0.4, 0.5) is 21.5 Å². The monoisotopic (exact) mass is 736 g/mol. The van der Waals surface area contributed by atoms with Crippen molar-refractivity contribution in [3.05, 3.63) is 211 Å². The number of rotatable bonds is 7. The first-order chi connectivity index (χ1) is 27.8. The molecule has 0 N–H and O–H groups in total. The van der Waals surface area contributed by atoms with Crippen LogP contribution in [0.1, 0.15) is 25.0 Å². The number of aromatic nitrogens is 1. The molecule has 0 radical (unpaired) electrons. The predicted molar refractivity (Wildman–Crippen MR) is 237 cm³/mol. The van der Waals surface area contributed by atoms with E-state index in [9.17, 15) is 4.39 Å². The van der Waals surface area contributed by atoms with Gasteiger partial charge in [0.15, 0.2) is 0 Å². The maximum absolute atomic E-state index is 13.7. The Hall–Kier alpha value is -6.97. The molecule has 10 rings (SSSR count). The molecule has 9 aromatic rings. The lowest BCUT2D eigenvalue weighted by molar-refractivity contribution is 0.628. The Morgan fingerprint density at radius 2 is 0.930 bits per heavy atom. The van der Waals surface area contributed by atoms with Crippen molar-refractivity contribution in [1.82, 2.24) is 4.57 Å². The van der Waals surface area contributed by atoms with E-state index in [0.29, 0.717) is 0 Å². The molecule has 2 nitrogen and oxygen atoms in total. The Bertz CT molecular complexity index is 2900. The highest BCUT2D eigenvalue weighted by atomic mass is 19.1. The van der Waals surface area contributed by atoms with E-state index in [1.54, 1.807) is 0 Å². The van der Waals surface area contributed by atoms with E-state index in [1.165, 1.54) is 62.0 Å². The van der Waals surface area contributed by atoms with E-state index in [1.807, 2.05) is 12.1 Å². The van der Waals surface area contributed by atoms with Gasteiger partial charge in [-0.15, -0.1) is 0 Å². The zero-order valence-corrected chi connectivity index (χ0v) is 32.2. The Labute approximate surface area is 333 Å². The van der Waals surface area contributed by atoms with Crippen molar-refractivity contribution in [2.45, 2.75) is 19.3 Å². The molecule has 0 amide bonds. The van der Waals surface area contributed by atoms with Gasteiger partial charge in [-0.25, -0.2) is 4.39 Å². The molecule has 274 valence electrons. The largest absolute Gasteiger partial charge is 0.343 e. The summed E-state index contributed by atoms with van der Waals surface area (Å²) in [5.74, 6) is -0.229. The quantitative estimate of drug-likeness (QED) is 0.158. The van der Waals surface area contributed by atoms with Crippen LogP contribution in [0.15, 0.2) is 194 Å². The Morgan fingerprint density at radius 3 is 1.61 bits per heavy atom. The number of benzene rings is 8. The molecule has 8 aromatic carbocycles. The van der Waals surface area contributed by atoms with E-state index in [4.69, 9.17) is 0 Å². The summed E-state index contributed by atoms with van der Waals surface area (Å²) in [6, 6.07) is 68.3. The zero-order chi connectivity index (χ0) is 38.7. The van der Waals surface area contributed by atoms with Gasteiger partial charge in [-0.2, -0.15) is 0 Å². The molecular formula is C54H41FN2. The number of nitrogens with zero attached hydrogens (tertiary/aromatic N) is 2. The van der Waals surface area contributed by atoms with Crippen molar-refractivity contribution < 1.29 is 4.39 Å². The highest BCUT2D eigenvalue weighted by Crippen LogP contribution is 2.51. The van der Waals surface area contributed by atoms with Crippen molar-refractivity contribution in [2.24, 2.45) is 7.05 Å². The first-order valence-corrected chi connectivity index (χ1v) is 19.6. The molecule has 0 bridgehead atoms. The van der Waals surface area contributed by atoms with Crippen LogP contribution in [-0.2, 0) is 12.5 Å². The minimum Gasteiger partial charge on any atom is -0.343 e. The SMILES string of the molecule is Cn1c(-c2ccc(-c3ccc(F)cc3)cc2)c(-c2ccc(N(c3ccc(-c4ccccc4)cc3)c3ccc4c(c3)C(C)(C)c3ccccc3-4)cc2)c2ccccc21. The van der Waals surface area contributed by atoms with Crippen LogP contribution in [0.25, 0.3) is 66.7 Å². The normalized spacial score (nSPS) is 12.7. The Kier molecular flexibility index (Phi) is 8.27. The third kappa shape index (κ3) is 5.86. The second kappa shape index (κ2) is 13.6. The fourth-order valence-electron chi connectivity index (χ4n) is 8.98. The van der Waals surface area contributed by atoms with Gasteiger partial charge in [0.2, 0.25) is 0 Å². The number of anilines is 3. The topological polar surface area (TPSA) is 8.17 Å². The molecule has 57 heavy (non-hydrogen) atoms. The number of hydrogen-bond donors (Lipinski definition) is 0. The van der Waals surface area contributed by atoms with Gasteiger partial charge in [0.05, 0.1) is 5.69 Å². The van der Waals surface area contributed by atoms with Crippen molar-refractivity contribution in [2.75, 3.05) is 4.90 Å². The summed E-state index contributed by atoms with van der Waals surface area (Å²) in [5, 5.41) is 1.21. The van der Waals surface area contributed by atoms with Crippen LogP contribution < -0.4 is 4.90 Å². The summed E-state index contributed by atoms with van der Waals surface area (Å²) >= 11 is 0. The van der Waals surface area contributed by atoms with Gasteiger partial charge in [-0.05, 0) is 110 Å². The van der Waals surface area contributed by atoms with Gasteiger partial charge in [-0.1, -0.05) is 153 Å². The second-order valence-electron chi connectivity index (χ2n) is 15.6. The molecule has 0 fully saturated rings. The molecule has 0 atom stereocenters. The fourth-order valence-corrected chi connectivity index (χ4v) is 8.98. The third-order valence-electron chi connectivity index (χ3n) is 11.9. The number of para-hydroxylation sites is 1. The number of hydrogen-bond acceptors (Lipinski definition) is 1. The van der Waals surface area contributed by atoms with E-state index in [-0.39, 0.29) is 11.2 Å². The van der Waals surface area contributed by atoms with Gasteiger partial charge < -0.3 is 9.47 Å². The predicted octanol–water partition coefficient (Wildman–Crippen LogP) is 14.8. The minimum absolute atomic E-state index is 0.114. The first-order valence-electron chi connectivity index (χ1n) is 19.6. The molecule has 0 saturated heterocycles. The highest BCUT2D eigenvalue weighted by Gasteiger charge is 2.35. The van der Waals surface area contributed by atoms with Crippen molar-refractivity contribution >= 4 is 28.0 Å². The van der Waals surface area contributed by atoms with Gasteiger partial charge in [-0.3, -0.25) is 0 Å². The van der Waals surface area contributed by atoms with Gasteiger partial charge in [0.25, 0.3) is 0 Å². The molecule has 1 aromatic heterocycles. The lowest BCUT2D eigenvalue weighted by atomic mass is 9.82. The van der Waals surface area contributed by atoms with E-state index in [2.05, 4.69) is 200 Å². The summed E-state index contributed by atoms with van der Waals surface area (Å²) in [6.45, 7) is 4.68. The number of aryl methyl sites for hydroxylation is 1. The number of halogens is 1. The van der Waals surface area contributed by atoms with Crippen molar-refractivity contribution in [3.63, 3.8) is 0 Å². The summed E-state index contributed by atoms with van der Waals surface area (Å²) in [7, 11) is 2.15. The molecular weight excluding hydrogens is 696 g/mol. The molecule has 0 spiro atoms. The molecule has 0 saturated carbocycles. The average molecular weight is 737 g/mol. The molecule has 1 aliphatic rings. The van der Waals surface area contributed by atoms with Crippen molar-refractivity contribution in [3.8, 4) is 55.8 Å². The summed E-state index contributed by atoms with van der Waals surface area (Å²) in [4.78, 5) is 2.39. The molecule has 0 unspecified atom stereocenters. The van der Waals surface area contributed by atoms with Gasteiger partial charge >= 0.3 is 0 Å². The van der Waals surface area contributed by atoms with Crippen LogP contribution in [0.2, 0.25) is 0 Å². The standard InChI is InChI=1S/C54H41FN2/c1-54(2)49-15-9-7-13-46(49)47-34-33-45(35-50(47)54)57(43-29-23-39(24-30-43)36-11-5-4-6-12-36)44-31-25-40(26-32-44)52-48-14-8-10-16-51(48)56(3)53(52)41-19-17-37(18-20-41)38-21-27-42(55)28-22-38/h4-35H,1-3H3. The van der Waals surface area contributed by atoms with E-state index >= 15 is 0 Å². The highest BCUT2D eigenvalue weighted by molar-refractivity contribution is 6.05. The average Bonchev–Trinajstić information content (AvgIpc) is 3.68. The van der Waals surface area contributed by atoms with Crippen LogP contribution >= 0.6 is 0 Å². The number of fused-ring (bicyclic) bond motifs is 4. The molecule has 0 aliphatic heterocycles. The summed E-state index contributed by atoms with van der Waals surface area (Å²) < 4.78 is 16.0. The van der Waals surface area contributed by atoms with Crippen LogP contribution in [-0.4, -0.2) is 4.57 Å². The van der Waals surface area contributed by atoms with Crippen molar-refractivity contribution in [1.29, 1.82) is 0 Å². The molecule has 1 aliphatic carbocycles. The maximum Gasteiger partial charge on any atom is 0.123 e. The maximum atomic E-state index is 13.7. The van der Waals surface area contributed by atoms with E-state index in [0.717, 1.165) is 45.0 Å². The molecule has 3 heteroatoms. The minimum atomic E-state index is -0.229. The van der Waals surface area contributed by atoms with Crippen LogP contribution in [0.5, 0.6) is 0 Å². The lowest BCUT2D eigenvalue weighted by Gasteiger charge is -2.28. The fraction of sp³-hybridized carbons (Fsp3) is 0.0741. The zero-order valence-electron chi connectivity index (χ0n) is 32.2. The van der Waals surface area contributed by atoms with Gasteiger partial charge in [0.1, 0.15) is 5.82 Å². The van der Waals surface area contributed by atoms with Crippen LogP contribution in [0, 0.1) is 5.82 Å². The Morgan fingerprint density at radius 1 is 0.439 bits per heavy atom. The Balaban J connectivity index is 1.08.